The molecular weight excluding hydrogens is 300 g/mol. The van der Waals surface area contributed by atoms with Crippen LogP contribution in [0, 0.1) is 5.92 Å². The van der Waals surface area contributed by atoms with Crippen molar-refractivity contribution >= 4 is 23.4 Å². The van der Waals surface area contributed by atoms with Crippen molar-refractivity contribution in [3.8, 4) is 0 Å². The van der Waals surface area contributed by atoms with E-state index in [1.165, 1.54) is 12.8 Å². The Morgan fingerprint density at radius 1 is 1.45 bits per heavy atom. The van der Waals surface area contributed by atoms with Crippen molar-refractivity contribution in [1.82, 2.24) is 5.32 Å². The number of hydrogen-bond donors (Lipinski definition) is 2. The number of hydrogen-bond acceptors (Lipinski definition) is 3. The van der Waals surface area contributed by atoms with E-state index in [1.54, 1.807) is 6.07 Å². The molecule has 0 aliphatic carbocycles. The van der Waals surface area contributed by atoms with Gasteiger partial charge in [-0.3, -0.25) is 5.32 Å². The van der Waals surface area contributed by atoms with Gasteiger partial charge in [-0.25, -0.2) is 4.79 Å². The van der Waals surface area contributed by atoms with E-state index in [-0.39, 0.29) is 0 Å². The average Bonchev–Trinajstić information content (AvgIpc) is 2.41. The van der Waals surface area contributed by atoms with E-state index in [0.717, 1.165) is 30.8 Å². The van der Waals surface area contributed by atoms with E-state index in [2.05, 4.69) is 10.6 Å². The molecule has 0 saturated carbocycles. The summed E-state index contributed by atoms with van der Waals surface area (Å²) in [6.07, 6.45) is 2.86. The normalized spacial score (nSPS) is 18.8. The van der Waals surface area contributed by atoms with Gasteiger partial charge in [0.25, 0.3) is 0 Å². The van der Waals surface area contributed by atoms with Crippen molar-refractivity contribution in [2.75, 3.05) is 18.4 Å². The van der Waals surface area contributed by atoms with Gasteiger partial charge >= 0.3 is 6.09 Å². The second-order valence-electron chi connectivity index (χ2n) is 6.84. The molecule has 0 radical (unpaired) electrons. The zero-order valence-corrected chi connectivity index (χ0v) is 14.3. The molecule has 4 nitrogen and oxygen atoms in total. The van der Waals surface area contributed by atoms with Crippen LogP contribution in [0.4, 0.5) is 10.5 Å². The van der Waals surface area contributed by atoms with E-state index in [9.17, 15) is 4.79 Å². The molecule has 0 aromatic heterocycles. The zero-order valence-electron chi connectivity index (χ0n) is 13.5. The number of anilines is 1. The molecular formula is C17H25ClN2O2. The molecule has 122 valence electrons. The molecule has 1 amide bonds. The first-order valence-corrected chi connectivity index (χ1v) is 8.20. The second-order valence-corrected chi connectivity index (χ2v) is 7.28. The fourth-order valence-electron chi connectivity index (χ4n) is 2.68. The minimum absolute atomic E-state index is 0.433. The Bertz CT molecular complexity index is 520. The third kappa shape index (κ3) is 5.50. The first kappa shape index (κ1) is 17.1. The maximum Gasteiger partial charge on any atom is 0.412 e. The molecule has 1 unspecified atom stereocenters. The zero-order chi connectivity index (χ0) is 16.2. The highest BCUT2D eigenvalue weighted by Gasteiger charge is 2.19. The van der Waals surface area contributed by atoms with E-state index >= 15 is 0 Å². The Morgan fingerprint density at radius 3 is 2.86 bits per heavy atom. The summed E-state index contributed by atoms with van der Waals surface area (Å²) in [6, 6.07) is 5.57. The Morgan fingerprint density at radius 2 is 2.23 bits per heavy atom. The summed E-state index contributed by atoms with van der Waals surface area (Å²) >= 11 is 6.12. The first-order valence-electron chi connectivity index (χ1n) is 7.82. The maximum atomic E-state index is 12.0. The summed E-state index contributed by atoms with van der Waals surface area (Å²) in [5, 5.41) is 6.95. The van der Waals surface area contributed by atoms with Crippen LogP contribution in [0.1, 0.15) is 39.2 Å². The number of halogens is 1. The minimum atomic E-state index is -0.510. The quantitative estimate of drug-likeness (QED) is 0.874. The highest BCUT2D eigenvalue weighted by molar-refractivity contribution is 6.30. The van der Waals surface area contributed by atoms with Crippen molar-refractivity contribution < 1.29 is 9.53 Å². The van der Waals surface area contributed by atoms with Crippen molar-refractivity contribution in [3.05, 3.63) is 28.8 Å². The lowest BCUT2D eigenvalue weighted by Gasteiger charge is -2.24. The van der Waals surface area contributed by atoms with Gasteiger partial charge in [-0.05, 0) is 82.8 Å². The molecule has 1 heterocycles. The minimum Gasteiger partial charge on any atom is -0.444 e. The number of ether oxygens (including phenoxy) is 1. The topological polar surface area (TPSA) is 50.4 Å². The van der Waals surface area contributed by atoms with Crippen LogP contribution >= 0.6 is 11.6 Å². The van der Waals surface area contributed by atoms with Crippen molar-refractivity contribution in [1.29, 1.82) is 0 Å². The van der Waals surface area contributed by atoms with Crippen LogP contribution in [0.2, 0.25) is 5.02 Å². The van der Waals surface area contributed by atoms with Gasteiger partial charge < -0.3 is 10.1 Å². The van der Waals surface area contributed by atoms with Crippen molar-refractivity contribution in [2.24, 2.45) is 5.92 Å². The van der Waals surface area contributed by atoms with Crippen LogP contribution in [0.3, 0.4) is 0 Å². The Labute approximate surface area is 137 Å². The maximum absolute atomic E-state index is 12.0. The number of piperidine rings is 1. The number of nitrogens with one attached hydrogen (secondary N) is 2. The molecule has 1 aliphatic rings. The van der Waals surface area contributed by atoms with Crippen molar-refractivity contribution in [2.45, 2.75) is 45.6 Å². The molecule has 1 atom stereocenters. The van der Waals surface area contributed by atoms with Gasteiger partial charge in [-0.2, -0.15) is 0 Å². The average molecular weight is 325 g/mol. The molecule has 1 fully saturated rings. The van der Waals surface area contributed by atoms with E-state index in [1.807, 2.05) is 32.9 Å². The van der Waals surface area contributed by atoms with Gasteiger partial charge in [0, 0.05) is 10.7 Å². The molecule has 1 aromatic carbocycles. The standard InChI is InChI=1S/C17H25ClN2O2/c1-17(2,3)22-16(21)20-15-7-6-14(18)10-13(15)9-12-5-4-8-19-11-12/h6-7,10,12,19H,4-5,8-9,11H2,1-3H3,(H,20,21). The summed E-state index contributed by atoms with van der Waals surface area (Å²) in [6.45, 7) is 7.66. The van der Waals surface area contributed by atoms with Crippen LogP contribution < -0.4 is 10.6 Å². The van der Waals surface area contributed by atoms with E-state index < -0.39 is 11.7 Å². The number of benzene rings is 1. The van der Waals surface area contributed by atoms with E-state index in [4.69, 9.17) is 16.3 Å². The lowest BCUT2D eigenvalue weighted by molar-refractivity contribution is 0.0635. The summed E-state index contributed by atoms with van der Waals surface area (Å²) in [5.41, 5.74) is 1.33. The lowest BCUT2D eigenvalue weighted by Crippen LogP contribution is -2.31. The second kappa shape index (κ2) is 7.34. The fourth-order valence-corrected chi connectivity index (χ4v) is 2.87. The van der Waals surface area contributed by atoms with Crippen LogP contribution in [0.25, 0.3) is 0 Å². The predicted octanol–water partition coefficient (Wildman–Crippen LogP) is 4.23. The summed E-state index contributed by atoms with van der Waals surface area (Å²) in [4.78, 5) is 12.0. The number of amides is 1. The number of rotatable bonds is 3. The molecule has 0 spiro atoms. The molecule has 22 heavy (non-hydrogen) atoms. The predicted molar refractivity (Wildman–Crippen MR) is 90.6 cm³/mol. The van der Waals surface area contributed by atoms with Crippen LogP contribution in [-0.2, 0) is 11.2 Å². The van der Waals surface area contributed by atoms with Gasteiger partial charge in [0.2, 0.25) is 0 Å². The molecule has 2 rings (SSSR count). The highest BCUT2D eigenvalue weighted by atomic mass is 35.5. The molecule has 1 aliphatic heterocycles. The largest absolute Gasteiger partial charge is 0.444 e. The van der Waals surface area contributed by atoms with Gasteiger partial charge in [-0.15, -0.1) is 0 Å². The molecule has 1 saturated heterocycles. The highest BCUT2D eigenvalue weighted by Crippen LogP contribution is 2.26. The monoisotopic (exact) mass is 324 g/mol. The fraction of sp³-hybridized carbons (Fsp3) is 0.588. The molecule has 1 aromatic rings. The first-order chi connectivity index (χ1) is 10.3. The van der Waals surface area contributed by atoms with Crippen LogP contribution in [-0.4, -0.2) is 24.8 Å². The molecule has 0 bridgehead atoms. The summed E-state index contributed by atoms with van der Waals surface area (Å²) in [5.74, 6) is 0.575. The van der Waals surface area contributed by atoms with Crippen LogP contribution in [0.5, 0.6) is 0 Å². The van der Waals surface area contributed by atoms with Gasteiger partial charge in [0.05, 0.1) is 0 Å². The number of carbonyl (C=O) groups excluding carboxylic acids is 1. The molecule has 5 heteroatoms. The van der Waals surface area contributed by atoms with Crippen molar-refractivity contribution in [3.63, 3.8) is 0 Å². The van der Waals surface area contributed by atoms with Crippen LogP contribution in [0.15, 0.2) is 18.2 Å². The Hall–Kier alpha value is -1.26. The Balaban J connectivity index is 2.08. The summed E-state index contributed by atoms with van der Waals surface area (Å²) < 4.78 is 5.32. The number of carbonyl (C=O) groups is 1. The van der Waals surface area contributed by atoms with Gasteiger partial charge in [0.1, 0.15) is 5.60 Å². The SMILES string of the molecule is CC(C)(C)OC(=O)Nc1ccc(Cl)cc1CC1CCCNC1. The van der Waals surface area contributed by atoms with Gasteiger partial charge in [0.15, 0.2) is 0 Å². The third-order valence-electron chi connectivity index (χ3n) is 3.61. The lowest BCUT2D eigenvalue weighted by atomic mass is 9.91. The third-order valence-corrected chi connectivity index (χ3v) is 3.85. The Kier molecular flexibility index (Phi) is 5.70. The van der Waals surface area contributed by atoms with E-state index in [0.29, 0.717) is 10.9 Å². The summed E-state index contributed by atoms with van der Waals surface area (Å²) in [7, 11) is 0. The smallest absolute Gasteiger partial charge is 0.412 e. The van der Waals surface area contributed by atoms with Gasteiger partial charge in [-0.1, -0.05) is 11.6 Å². The molecule has 2 N–H and O–H groups in total.